The molecular weight excluding hydrogens is 442 g/mol. The fourth-order valence-corrected chi connectivity index (χ4v) is 3.31. The number of benzene rings is 1. The molecule has 9 nitrogen and oxygen atoms in total. The van der Waals surface area contributed by atoms with Crippen molar-refractivity contribution in [1.29, 1.82) is 0 Å². The highest BCUT2D eigenvalue weighted by atomic mass is 16.6. The molecular formula is C25H37NO8. The van der Waals surface area contributed by atoms with Crippen LogP contribution in [0.5, 0.6) is 0 Å². The van der Waals surface area contributed by atoms with Gasteiger partial charge in [0.05, 0.1) is 12.6 Å². The van der Waals surface area contributed by atoms with Crippen molar-refractivity contribution in [3.05, 3.63) is 35.9 Å². The van der Waals surface area contributed by atoms with Gasteiger partial charge in [0.1, 0.15) is 37.1 Å². The minimum Gasteiger partial charge on any atom is -0.458 e. The van der Waals surface area contributed by atoms with Crippen LogP contribution in [-0.2, 0) is 39.9 Å². The fraction of sp³-hybridized carbons (Fsp3) is 0.640. The molecule has 9 heteroatoms. The molecule has 1 amide bonds. The molecule has 0 aromatic heterocycles. The van der Waals surface area contributed by atoms with Gasteiger partial charge in [0.15, 0.2) is 0 Å². The van der Waals surface area contributed by atoms with E-state index in [2.05, 4.69) is 0 Å². The molecule has 1 heterocycles. The summed E-state index contributed by atoms with van der Waals surface area (Å²) in [5, 5.41) is 0. The Balaban J connectivity index is 1.96. The lowest BCUT2D eigenvalue weighted by Crippen LogP contribution is -2.52. The Bertz CT molecular complexity index is 812. The first-order chi connectivity index (χ1) is 15.8. The molecule has 1 fully saturated rings. The molecule has 1 aromatic rings. The second-order valence-electron chi connectivity index (χ2n) is 10.1. The lowest BCUT2D eigenvalue weighted by Gasteiger charge is -2.37. The van der Waals surface area contributed by atoms with Crippen molar-refractivity contribution in [3.8, 4) is 0 Å². The van der Waals surface area contributed by atoms with E-state index in [1.807, 2.05) is 30.3 Å². The van der Waals surface area contributed by atoms with E-state index in [9.17, 15) is 14.4 Å². The van der Waals surface area contributed by atoms with E-state index in [0.717, 1.165) is 5.56 Å². The first kappa shape index (κ1) is 27.6. The van der Waals surface area contributed by atoms with Gasteiger partial charge in [0.25, 0.3) is 0 Å². The summed E-state index contributed by atoms with van der Waals surface area (Å²) in [6, 6.07) is 9.38. The number of hydrogen-bond acceptors (Lipinski definition) is 8. The number of carbonyl (C=O) groups is 3. The summed E-state index contributed by atoms with van der Waals surface area (Å²) >= 11 is 0. The normalized spacial score (nSPS) is 18.8. The third kappa shape index (κ3) is 10.5. The molecule has 0 spiro atoms. The topological polar surface area (TPSA) is 101 Å². The van der Waals surface area contributed by atoms with Crippen LogP contribution in [0.15, 0.2) is 30.3 Å². The maximum Gasteiger partial charge on any atom is 0.410 e. The Morgan fingerprint density at radius 3 is 1.91 bits per heavy atom. The molecule has 0 saturated carbocycles. The molecule has 34 heavy (non-hydrogen) atoms. The van der Waals surface area contributed by atoms with Crippen LogP contribution in [0.25, 0.3) is 0 Å². The van der Waals surface area contributed by atoms with Gasteiger partial charge in [-0.15, -0.1) is 0 Å². The highest BCUT2D eigenvalue weighted by Gasteiger charge is 2.35. The van der Waals surface area contributed by atoms with E-state index in [-0.39, 0.29) is 26.4 Å². The van der Waals surface area contributed by atoms with Crippen LogP contribution in [-0.4, -0.2) is 72.6 Å². The summed E-state index contributed by atoms with van der Waals surface area (Å²) in [4.78, 5) is 38.3. The summed E-state index contributed by atoms with van der Waals surface area (Å²) in [6.45, 7) is 10.7. The van der Waals surface area contributed by atoms with E-state index in [0.29, 0.717) is 13.0 Å². The second-order valence-corrected chi connectivity index (χ2v) is 10.1. The van der Waals surface area contributed by atoms with Gasteiger partial charge in [0, 0.05) is 6.54 Å². The summed E-state index contributed by atoms with van der Waals surface area (Å²) < 4.78 is 27.5. The van der Waals surface area contributed by atoms with Gasteiger partial charge in [-0.3, -0.25) is 0 Å². The van der Waals surface area contributed by atoms with Gasteiger partial charge >= 0.3 is 18.0 Å². The van der Waals surface area contributed by atoms with Gasteiger partial charge in [-0.25, -0.2) is 14.4 Å². The molecule has 1 aromatic carbocycles. The van der Waals surface area contributed by atoms with Crippen molar-refractivity contribution >= 4 is 18.0 Å². The zero-order valence-electron chi connectivity index (χ0n) is 21.0. The van der Waals surface area contributed by atoms with Crippen LogP contribution in [0.3, 0.4) is 0 Å². The minimum absolute atomic E-state index is 0.148. The Labute approximate surface area is 201 Å². The molecule has 2 rings (SSSR count). The summed E-state index contributed by atoms with van der Waals surface area (Å²) in [5.74, 6) is -1.02. The minimum atomic E-state index is -0.646. The quantitative estimate of drug-likeness (QED) is 0.413. The maximum atomic E-state index is 12.6. The van der Waals surface area contributed by atoms with E-state index in [1.165, 1.54) is 4.90 Å². The monoisotopic (exact) mass is 479 g/mol. The first-order valence-corrected chi connectivity index (χ1v) is 11.4. The Kier molecular flexibility index (Phi) is 9.88. The van der Waals surface area contributed by atoms with E-state index in [4.69, 9.17) is 23.7 Å². The predicted molar refractivity (Wildman–Crippen MR) is 124 cm³/mol. The fourth-order valence-electron chi connectivity index (χ4n) is 3.31. The number of amides is 1. The van der Waals surface area contributed by atoms with Crippen molar-refractivity contribution < 1.29 is 38.1 Å². The van der Waals surface area contributed by atoms with Gasteiger partial charge in [-0.1, -0.05) is 30.3 Å². The summed E-state index contributed by atoms with van der Waals surface area (Å²) in [6.07, 6.45) is -1.23. The zero-order chi connectivity index (χ0) is 25.4. The number of carbonyl (C=O) groups excluding carboxylic acids is 3. The van der Waals surface area contributed by atoms with Crippen molar-refractivity contribution in [2.75, 3.05) is 26.3 Å². The van der Waals surface area contributed by atoms with Gasteiger partial charge in [-0.2, -0.15) is 0 Å². The number of piperidine rings is 1. The second kappa shape index (κ2) is 12.2. The number of nitrogens with zero attached hydrogens (tertiary/aromatic N) is 1. The third-order valence-corrected chi connectivity index (χ3v) is 4.63. The smallest absolute Gasteiger partial charge is 0.410 e. The van der Waals surface area contributed by atoms with Gasteiger partial charge in [-0.05, 0) is 53.5 Å². The van der Waals surface area contributed by atoms with Gasteiger partial charge in [0.2, 0.25) is 0 Å². The lowest BCUT2D eigenvalue weighted by molar-refractivity contribution is -0.176. The van der Waals surface area contributed by atoms with Crippen molar-refractivity contribution in [3.63, 3.8) is 0 Å². The lowest BCUT2D eigenvalue weighted by atomic mass is 10.0. The Hall–Kier alpha value is -2.65. The standard InChI is InChI=1S/C25H37NO8/c1-24(2,3)33-21(27)16-30-19-12-13-26(23(29)32-15-18-10-8-7-9-11-18)14-20(19)31-17-22(28)34-25(4,5)6/h7-11,19-20H,12-17H2,1-6H3. The first-order valence-electron chi connectivity index (χ1n) is 11.4. The third-order valence-electron chi connectivity index (χ3n) is 4.63. The van der Waals surface area contributed by atoms with Crippen LogP contribution < -0.4 is 0 Å². The van der Waals surface area contributed by atoms with Crippen molar-refractivity contribution in [2.24, 2.45) is 0 Å². The highest BCUT2D eigenvalue weighted by molar-refractivity contribution is 5.71. The van der Waals surface area contributed by atoms with Crippen LogP contribution in [0.4, 0.5) is 4.79 Å². The average Bonchev–Trinajstić information content (AvgIpc) is 2.73. The number of rotatable bonds is 8. The molecule has 1 aliphatic heterocycles. The van der Waals surface area contributed by atoms with Crippen LogP contribution in [0.2, 0.25) is 0 Å². The zero-order valence-corrected chi connectivity index (χ0v) is 21.0. The van der Waals surface area contributed by atoms with Crippen LogP contribution in [0, 0.1) is 0 Å². The van der Waals surface area contributed by atoms with Crippen LogP contribution >= 0.6 is 0 Å². The summed E-state index contributed by atoms with van der Waals surface area (Å²) in [7, 11) is 0. The van der Waals surface area contributed by atoms with E-state index >= 15 is 0 Å². The number of ether oxygens (including phenoxy) is 5. The maximum absolute atomic E-state index is 12.6. The van der Waals surface area contributed by atoms with Crippen molar-refractivity contribution in [1.82, 2.24) is 4.90 Å². The average molecular weight is 480 g/mol. The number of hydrogen-bond donors (Lipinski definition) is 0. The van der Waals surface area contributed by atoms with E-state index < -0.39 is 41.4 Å². The van der Waals surface area contributed by atoms with Crippen molar-refractivity contribution in [2.45, 2.75) is 78.0 Å². The highest BCUT2D eigenvalue weighted by Crippen LogP contribution is 2.20. The molecule has 1 saturated heterocycles. The molecule has 0 radical (unpaired) electrons. The van der Waals surface area contributed by atoms with E-state index in [1.54, 1.807) is 41.5 Å². The van der Waals surface area contributed by atoms with Crippen LogP contribution in [0.1, 0.15) is 53.5 Å². The SMILES string of the molecule is CC(C)(C)OC(=O)COC1CCN(C(=O)OCc2ccccc2)CC1OCC(=O)OC(C)(C)C. The molecule has 2 atom stereocenters. The molecule has 190 valence electrons. The molecule has 0 N–H and O–H groups in total. The Morgan fingerprint density at radius 2 is 1.38 bits per heavy atom. The Morgan fingerprint density at radius 1 is 0.853 bits per heavy atom. The molecule has 1 aliphatic rings. The number of likely N-dealkylation sites (tertiary alicyclic amines) is 1. The summed E-state index contributed by atoms with van der Waals surface area (Å²) in [5.41, 5.74) is -0.393. The number of esters is 2. The molecule has 0 aliphatic carbocycles. The largest absolute Gasteiger partial charge is 0.458 e. The molecule has 2 unspecified atom stereocenters. The van der Waals surface area contributed by atoms with Gasteiger partial charge < -0.3 is 28.6 Å². The molecule has 0 bridgehead atoms. The predicted octanol–water partition coefficient (Wildman–Crippen LogP) is 3.48.